The lowest BCUT2D eigenvalue weighted by Gasteiger charge is -2.21. The summed E-state index contributed by atoms with van der Waals surface area (Å²) in [4.78, 5) is 11.9. The van der Waals surface area contributed by atoms with Gasteiger partial charge in [0.2, 0.25) is 5.91 Å². The number of nitrogens with zero attached hydrogens (tertiary/aromatic N) is 1. The lowest BCUT2D eigenvalue weighted by atomic mass is 10.2. The van der Waals surface area contributed by atoms with Gasteiger partial charge in [0.25, 0.3) is 0 Å². The van der Waals surface area contributed by atoms with Crippen LogP contribution in [0.15, 0.2) is 24.3 Å². The van der Waals surface area contributed by atoms with Crippen LogP contribution in [0.4, 0.5) is 5.69 Å². The third-order valence-corrected chi connectivity index (χ3v) is 4.31. The Kier molecular flexibility index (Phi) is 5.25. The Morgan fingerprint density at radius 2 is 2.16 bits per heavy atom. The SMILES string of the molecule is N#Cc1ccccc1NC(=O)CSC1CCOCC1. The molecule has 0 unspecified atom stereocenters. The summed E-state index contributed by atoms with van der Waals surface area (Å²) >= 11 is 1.66. The van der Waals surface area contributed by atoms with E-state index in [1.54, 1.807) is 30.0 Å². The van der Waals surface area contributed by atoms with E-state index in [0.717, 1.165) is 26.1 Å². The van der Waals surface area contributed by atoms with Gasteiger partial charge in [0, 0.05) is 18.5 Å². The van der Waals surface area contributed by atoms with Gasteiger partial charge >= 0.3 is 0 Å². The molecule has 100 valence electrons. The van der Waals surface area contributed by atoms with Gasteiger partial charge in [-0.1, -0.05) is 12.1 Å². The molecule has 1 fully saturated rings. The van der Waals surface area contributed by atoms with Crippen LogP contribution in [0.3, 0.4) is 0 Å². The number of nitriles is 1. The van der Waals surface area contributed by atoms with Gasteiger partial charge in [0.15, 0.2) is 0 Å². The molecule has 1 heterocycles. The molecule has 1 saturated heterocycles. The van der Waals surface area contributed by atoms with Crippen LogP contribution in [0.1, 0.15) is 18.4 Å². The van der Waals surface area contributed by atoms with Crippen LogP contribution in [-0.2, 0) is 9.53 Å². The average molecular weight is 276 g/mol. The summed E-state index contributed by atoms with van der Waals surface area (Å²) in [5.41, 5.74) is 1.08. The highest BCUT2D eigenvalue weighted by Crippen LogP contribution is 2.22. The van der Waals surface area contributed by atoms with Gasteiger partial charge in [0.05, 0.1) is 17.0 Å². The summed E-state index contributed by atoms with van der Waals surface area (Å²) in [6, 6.07) is 9.10. The minimum absolute atomic E-state index is 0.0563. The summed E-state index contributed by atoms with van der Waals surface area (Å²) in [6.45, 7) is 1.58. The molecule has 0 aromatic heterocycles. The Bertz CT molecular complexity index is 479. The summed E-state index contributed by atoms with van der Waals surface area (Å²) in [7, 11) is 0. The Labute approximate surface area is 117 Å². The highest BCUT2D eigenvalue weighted by Gasteiger charge is 2.16. The second-order valence-corrected chi connectivity index (χ2v) is 5.62. The molecule has 1 aromatic rings. The van der Waals surface area contributed by atoms with Crippen LogP contribution in [0.5, 0.6) is 0 Å². The molecular weight excluding hydrogens is 260 g/mol. The van der Waals surface area contributed by atoms with Gasteiger partial charge in [-0.3, -0.25) is 4.79 Å². The summed E-state index contributed by atoms with van der Waals surface area (Å²) in [5, 5.41) is 12.2. The Morgan fingerprint density at radius 1 is 1.42 bits per heavy atom. The Balaban J connectivity index is 1.82. The number of nitrogens with one attached hydrogen (secondary N) is 1. The number of benzene rings is 1. The minimum atomic E-state index is -0.0563. The zero-order chi connectivity index (χ0) is 13.5. The third-order valence-electron chi connectivity index (χ3n) is 2.94. The maximum absolute atomic E-state index is 11.9. The molecule has 0 radical (unpaired) electrons. The molecule has 0 aliphatic carbocycles. The van der Waals surface area contributed by atoms with Gasteiger partial charge in [-0.15, -0.1) is 11.8 Å². The number of rotatable bonds is 4. The van der Waals surface area contributed by atoms with Gasteiger partial charge in [0.1, 0.15) is 6.07 Å². The first-order chi connectivity index (χ1) is 9.29. The van der Waals surface area contributed by atoms with E-state index in [2.05, 4.69) is 11.4 Å². The van der Waals surface area contributed by atoms with E-state index in [4.69, 9.17) is 10.00 Å². The minimum Gasteiger partial charge on any atom is -0.381 e. The second kappa shape index (κ2) is 7.17. The fourth-order valence-electron chi connectivity index (χ4n) is 1.91. The first-order valence-electron chi connectivity index (χ1n) is 6.28. The van der Waals surface area contributed by atoms with E-state index >= 15 is 0 Å². The largest absolute Gasteiger partial charge is 0.381 e. The topological polar surface area (TPSA) is 62.1 Å². The molecule has 1 aliphatic rings. The van der Waals surface area contributed by atoms with Crippen molar-refractivity contribution in [2.45, 2.75) is 18.1 Å². The first kappa shape index (κ1) is 13.9. The van der Waals surface area contributed by atoms with E-state index in [-0.39, 0.29) is 5.91 Å². The van der Waals surface area contributed by atoms with Crippen LogP contribution in [0, 0.1) is 11.3 Å². The lowest BCUT2D eigenvalue weighted by molar-refractivity contribution is -0.113. The quantitative estimate of drug-likeness (QED) is 0.917. The normalized spacial score (nSPS) is 15.7. The van der Waals surface area contributed by atoms with E-state index in [0.29, 0.717) is 22.3 Å². The fourth-order valence-corrected chi connectivity index (χ4v) is 2.90. The second-order valence-electron chi connectivity index (χ2n) is 4.33. The van der Waals surface area contributed by atoms with Crippen molar-refractivity contribution in [3.05, 3.63) is 29.8 Å². The van der Waals surface area contributed by atoms with Gasteiger partial charge in [-0.2, -0.15) is 5.26 Å². The van der Waals surface area contributed by atoms with Crippen molar-refractivity contribution in [1.82, 2.24) is 0 Å². The molecule has 1 amide bonds. The molecule has 19 heavy (non-hydrogen) atoms. The fraction of sp³-hybridized carbons (Fsp3) is 0.429. The van der Waals surface area contributed by atoms with E-state index in [1.807, 2.05) is 6.07 Å². The molecule has 0 spiro atoms. The van der Waals surface area contributed by atoms with Crippen molar-refractivity contribution in [3.8, 4) is 6.07 Å². The number of hydrogen-bond acceptors (Lipinski definition) is 4. The third kappa shape index (κ3) is 4.27. The summed E-state index contributed by atoms with van der Waals surface area (Å²) < 4.78 is 5.28. The number of anilines is 1. The molecule has 4 nitrogen and oxygen atoms in total. The molecule has 2 rings (SSSR count). The number of hydrogen-bond donors (Lipinski definition) is 1. The number of para-hydroxylation sites is 1. The van der Waals surface area contributed by atoms with Crippen LogP contribution < -0.4 is 5.32 Å². The van der Waals surface area contributed by atoms with Crippen LogP contribution in [0.2, 0.25) is 0 Å². The Hall–Kier alpha value is -1.51. The van der Waals surface area contributed by atoms with E-state index < -0.39 is 0 Å². The zero-order valence-corrected chi connectivity index (χ0v) is 11.4. The number of thioether (sulfide) groups is 1. The van der Waals surface area contributed by atoms with Gasteiger partial charge in [-0.25, -0.2) is 0 Å². The molecule has 0 saturated carbocycles. The number of amides is 1. The Morgan fingerprint density at radius 3 is 2.89 bits per heavy atom. The zero-order valence-electron chi connectivity index (χ0n) is 10.6. The van der Waals surface area contributed by atoms with E-state index in [9.17, 15) is 4.79 Å². The molecule has 1 N–H and O–H groups in total. The molecule has 1 aromatic carbocycles. The van der Waals surface area contributed by atoms with Gasteiger partial charge < -0.3 is 10.1 Å². The summed E-state index contributed by atoms with van der Waals surface area (Å²) in [6.07, 6.45) is 2.01. The molecule has 0 bridgehead atoms. The average Bonchev–Trinajstić information content (AvgIpc) is 2.47. The van der Waals surface area contributed by atoms with Gasteiger partial charge in [-0.05, 0) is 25.0 Å². The highest BCUT2D eigenvalue weighted by molar-refractivity contribution is 8.00. The predicted octanol–water partition coefficient (Wildman–Crippen LogP) is 2.41. The standard InChI is InChI=1S/C14H16N2O2S/c15-9-11-3-1-2-4-13(11)16-14(17)10-19-12-5-7-18-8-6-12/h1-4,12H,5-8,10H2,(H,16,17). The van der Waals surface area contributed by atoms with Crippen molar-refractivity contribution in [1.29, 1.82) is 5.26 Å². The monoisotopic (exact) mass is 276 g/mol. The highest BCUT2D eigenvalue weighted by atomic mass is 32.2. The summed E-state index contributed by atoms with van der Waals surface area (Å²) in [5.74, 6) is 0.365. The van der Waals surface area contributed by atoms with Crippen molar-refractivity contribution in [3.63, 3.8) is 0 Å². The molecular formula is C14H16N2O2S. The van der Waals surface area contributed by atoms with Crippen molar-refractivity contribution in [2.75, 3.05) is 24.3 Å². The van der Waals surface area contributed by atoms with Crippen LogP contribution in [0.25, 0.3) is 0 Å². The smallest absolute Gasteiger partial charge is 0.234 e. The molecule has 1 aliphatic heterocycles. The number of carbonyl (C=O) groups is 1. The molecule has 0 atom stereocenters. The lowest BCUT2D eigenvalue weighted by Crippen LogP contribution is -2.21. The maximum atomic E-state index is 11.9. The maximum Gasteiger partial charge on any atom is 0.234 e. The van der Waals surface area contributed by atoms with Crippen molar-refractivity contribution < 1.29 is 9.53 Å². The van der Waals surface area contributed by atoms with Crippen LogP contribution >= 0.6 is 11.8 Å². The first-order valence-corrected chi connectivity index (χ1v) is 7.33. The molecule has 5 heteroatoms. The van der Waals surface area contributed by atoms with Crippen molar-refractivity contribution >= 4 is 23.4 Å². The predicted molar refractivity (Wildman–Crippen MR) is 76.1 cm³/mol. The van der Waals surface area contributed by atoms with Crippen LogP contribution in [-0.4, -0.2) is 30.1 Å². The van der Waals surface area contributed by atoms with E-state index in [1.165, 1.54) is 0 Å². The van der Waals surface area contributed by atoms with Crippen molar-refractivity contribution in [2.24, 2.45) is 0 Å². The number of ether oxygens (including phenoxy) is 1. The number of carbonyl (C=O) groups excluding carboxylic acids is 1.